The second kappa shape index (κ2) is 4.73. The number of benzene rings is 1. The van der Waals surface area contributed by atoms with Crippen molar-refractivity contribution in [3.8, 4) is 6.07 Å². The van der Waals surface area contributed by atoms with E-state index in [2.05, 4.69) is 10.3 Å². The first-order valence-electron chi connectivity index (χ1n) is 5.98. The van der Waals surface area contributed by atoms with Gasteiger partial charge >= 0.3 is 0 Å². The maximum absolute atomic E-state index is 11.8. The third kappa shape index (κ3) is 2.74. The van der Waals surface area contributed by atoms with Crippen LogP contribution in [0.5, 0.6) is 0 Å². The number of aryl methyl sites for hydroxylation is 1. The zero-order valence-corrected chi connectivity index (χ0v) is 11.2. The van der Waals surface area contributed by atoms with Gasteiger partial charge in [0.1, 0.15) is 10.9 Å². The van der Waals surface area contributed by atoms with Crippen LogP contribution in [0, 0.1) is 23.7 Å². The van der Waals surface area contributed by atoms with Gasteiger partial charge in [-0.2, -0.15) is 5.26 Å². The van der Waals surface area contributed by atoms with Gasteiger partial charge in [-0.3, -0.25) is 4.79 Å². The largest absolute Gasteiger partial charge is 0.441 e. The molecular formula is C14H15N3O2. The summed E-state index contributed by atoms with van der Waals surface area (Å²) in [7, 11) is 0. The van der Waals surface area contributed by atoms with Crippen molar-refractivity contribution < 1.29 is 9.21 Å². The number of nitriles is 1. The van der Waals surface area contributed by atoms with E-state index >= 15 is 0 Å². The number of hydrogen-bond donors (Lipinski definition) is 1. The zero-order chi connectivity index (χ0) is 14.0. The van der Waals surface area contributed by atoms with Gasteiger partial charge in [-0.25, -0.2) is 4.98 Å². The van der Waals surface area contributed by atoms with E-state index in [1.165, 1.54) is 0 Å². The Morgan fingerprint density at radius 2 is 2.26 bits per heavy atom. The Bertz CT molecular complexity index is 665. The molecule has 5 heteroatoms. The molecule has 19 heavy (non-hydrogen) atoms. The summed E-state index contributed by atoms with van der Waals surface area (Å²) in [5.74, 6) is 0.325. The minimum Gasteiger partial charge on any atom is -0.441 e. The molecule has 1 heterocycles. The smallest absolute Gasteiger partial charge is 0.240 e. The van der Waals surface area contributed by atoms with E-state index in [9.17, 15) is 4.79 Å². The Balaban J connectivity index is 2.10. The summed E-state index contributed by atoms with van der Waals surface area (Å²) < 4.78 is 5.43. The van der Waals surface area contributed by atoms with E-state index in [4.69, 9.17) is 9.68 Å². The molecule has 0 unspecified atom stereocenters. The maximum atomic E-state index is 11.8. The molecule has 5 nitrogen and oxygen atoms in total. The highest BCUT2D eigenvalue weighted by Gasteiger charge is 2.26. The predicted octanol–water partition coefficient (Wildman–Crippen LogP) is 2.30. The first-order valence-corrected chi connectivity index (χ1v) is 5.98. The van der Waals surface area contributed by atoms with Crippen LogP contribution in [-0.2, 0) is 11.3 Å². The number of aromatic nitrogens is 1. The Morgan fingerprint density at radius 1 is 1.53 bits per heavy atom. The second-order valence-corrected chi connectivity index (χ2v) is 4.95. The van der Waals surface area contributed by atoms with Gasteiger partial charge in [0.15, 0.2) is 11.5 Å². The Labute approximate surface area is 111 Å². The summed E-state index contributed by atoms with van der Waals surface area (Å²) in [6.45, 7) is 5.33. The quantitative estimate of drug-likeness (QED) is 0.915. The lowest BCUT2D eigenvalue weighted by molar-refractivity contribution is -0.126. The van der Waals surface area contributed by atoms with Crippen LogP contribution >= 0.6 is 0 Å². The molecule has 0 aliphatic rings. The highest BCUT2D eigenvalue weighted by Crippen LogP contribution is 2.17. The first-order chi connectivity index (χ1) is 8.92. The fourth-order valence-corrected chi connectivity index (χ4v) is 1.65. The van der Waals surface area contributed by atoms with Crippen LogP contribution in [0.4, 0.5) is 0 Å². The predicted molar refractivity (Wildman–Crippen MR) is 70.0 cm³/mol. The molecule has 0 radical (unpaired) electrons. The van der Waals surface area contributed by atoms with E-state index in [0.717, 1.165) is 11.1 Å². The van der Waals surface area contributed by atoms with Crippen molar-refractivity contribution >= 4 is 17.0 Å². The van der Waals surface area contributed by atoms with Crippen LogP contribution < -0.4 is 5.32 Å². The topological polar surface area (TPSA) is 78.9 Å². The van der Waals surface area contributed by atoms with Crippen LogP contribution in [0.3, 0.4) is 0 Å². The normalized spacial score (nSPS) is 11.3. The lowest BCUT2D eigenvalue weighted by atomic mass is 9.95. The summed E-state index contributed by atoms with van der Waals surface area (Å²) in [6.07, 6.45) is 0. The molecule has 1 amide bonds. The fourth-order valence-electron chi connectivity index (χ4n) is 1.65. The molecule has 2 rings (SSSR count). The van der Waals surface area contributed by atoms with Crippen molar-refractivity contribution in [2.24, 2.45) is 5.41 Å². The number of amides is 1. The third-order valence-electron chi connectivity index (χ3n) is 2.86. The molecule has 0 bridgehead atoms. The summed E-state index contributed by atoms with van der Waals surface area (Å²) in [5, 5.41) is 11.6. The van der Waals surface area contributed by atoms with E-state index in [1.807, 2.05) is 24.3 Å². The van der Waals surface area contributed by atoms with Crippen molar-refractivity contribution in [2.45, 2.75) is 27.3 Å². The number of nitrogens with one attached hydrogen (secondary N) is 1. The molecule has 0 saturated carbocycles. The molecule has 1 N–H and O–H groups in total. The van der Waals surface area contributed by atoms with Gasteiger partial charge in [-0.1, -0.05) is 6.07 Å². The number of carbonyl (C=O) groups excluding carboxylic acids is 1. The van der Waals surface area contributed by atoms with Crippen LogP contribution in [0.25, 0.3) is 11.1 Å². The molecule has 0 aliphatic carbocycles. The molecule has 0 saturated heterocycles. The Hall–Kier alpha value is -2.35. The summed E-state index contributed by atoms with van der Waals surface area (Å²) in [6, 6.07) is 7.54. The van der Waals surface area contributed by atoms with Gasteiger partial charge in [-0.05, 0) is 31.5 Å². The number of carbonyl (C=O) groups is 1. The van der Waals surface area contributed by atoms with Gasteiger partial charge in [0.05, 0.1) is 6.07 Å². The maximum Gasteiger partial charge on any atom is 0.240 e. The standard InChI is InChI=1S/C14H15N3O2/c1-9-17-11-5-4-10(6-12(11)19-9)7-16-13(18)14(2,3)8-15/h4-6H,7H2,1-3H3,(H,16,18). The van der Waals surface area contributed by atoms with E-state index in [1.54, 1.807) is 20.8 Å². The van der Waals surface area contributed by atoms with Crippen LogP contribution in [0.15, 0.2) is 22.6 Å². The zero-order valence-electron chi connectivity index (χ0n) is 11.2. The summed E-state index contributed by atoms with van der Waals surface area (Å²) >= 11 is 0. The number of nitrogens with zero attached hydrogens (tertiary/aromatic N) is 2. The van der Waals surface area contributed by atoms with Crippen molar-refractivity contribution in [2.75, 3.05) is 0 Å². The number of rotatable bonds is 3. The fraction of sp³-hybridized carbons (Fsp3) is 0.357. The minimum atomic E-state index is -1.02. The monoisotopic (exact) mass is 257 g/mol. The van der Waals surface area contributed by atoms with E-state index in [-0.39, 0.29) is 5.91 Å². The number of hydrogen-bond acceptors (Lipinski definition) is 4. The van der Waals surface area contributed by atoms with Gasteiger partial charge in [0, 0.05) is 13.5 Å². The van der Waals surface area contributed by atoms with Gasteiger partial charge in [0.25, 0.3) is 0 Å². The average molecular weight is 257 g/mol. The van der Waals surface area contributed by atoms with Crippen LogP contribution in [-0.4, -0.2) is 10.9 Å². The molecule has 1 aromatic carbocycles. The molecule has 0 spiro atoms. The SMILES string of the molecule is Cc1nc2ccc(CNC(=O)C(C)(C)C#N)cc2o1. The molecule has 0 fully saturated rings. The van der Waals surface area contributed by atoms with E-state index < -0.39 is 5.41 Å². The second-order valence-electron chi connectivity index (χ2n) is 4.95. The van der Waals surface area contributed by atoms with Crippen LogP contribution in [0.2, 0.25) is 0 Å². The van der Waals surface area contributed by atoms with E-state index in [0.29, 0.717) is 18.0 Å². The van der Waals surface area contributed by atoms with Crippen molar-refractivity contribution in [3.05, 3.63) is 29.7 Å². The molecule has 0 aliphatic heterocycles. The minimum absolute atomic E-state index is 0.288. The number of oxazole rings is 1. The lowest BCUT2D eigenvalue weighted by Crippen LogP contribution is -2.35. The van der Waals surface area contributed by atoms with Gasteiger partial charge in [-0.15, -0.1) is 0 Å². The highest BCUT2D eigenvalue weighted by molar-refractivity contribution is 5.84. The molecule has 1 aromatic heterocycles. The average Bonchev–Trinajstić information content (AvgIpc) is 2.74. The molecular weight excluding hydrogens is 242 g/mol. The summed E-state index contributed by atoms with van der Waals surface area (Å²) in [4.78, 5) is 16.0. The number of fused-ring (bicyclic) bond motifs is 1. The molecule has 2 aromatic rings. The first kappa shape index (κ1) is 13.1. The summed E-state index contributed by atoms with van der Waals surface area (Å²) in [5.41, 5.74) is 1.38. The third-order valence-corrected chi connectivity index (χ3v) is 2.86. The lowest BCUT2D eigenvalue weighted by Gasteiger charge is -2.14. The van der Waals surface area contributed by atoms with Crippen molar-refractivity contribution in [1.29, 1.82) is 5.26 Å². The van der Waals surface area contributed by atoms with Gasteiger partial charge in [0.2, 0.25) is 5.91 Å². The van der Waals surface area contributed by atoms with Gasteiger partial charge < -0.3 is 9.73 Å². The molecule has 98 valence electrons. The molecule has 0 atom stereocenters. The Morgan fingerprint density at radius 3 is 2.95 bits per heavy atom. The van der Waals surface area contributed by atoms with Crippen LogP contribution in [0.1, 0.15) is 25.3 Å². The van der Waals surface area contributed by atoms with Crippen molar-refractivity contribution in [3.63, 3.8) is 0 Å². The highest BCUT2D eigenvalue weighted by atomic mass is 16.3. The Kier molecular flexibility index (Phi) is 3.26. The van der Waals surface area contributed by atoms with Crippen molar-refractivity contribution in [1.82, 2.24) is 10.3 Å².